The first-order valence-corrected chi connectivity index (χ1v) is 12.3. The Morgan fingerprint density at radius 2 is 1.66 bits per heavy atom. The highest BCUT2D eigenvalue weighted by molar-refractivity contribution is 5.99. The summed E-state index contributed by atoms with van der Waals surface area (Å²) in [7, 11) is 0. The van der Waals surface area contributed by atoms with Crippen LogP contribution in [-0.2, 0) is 9.53 Å². The van der Waals surface area contributed by atoms with Crippen LogP contribution < -0.4 is 4.74 Å². The molecule has 2 aliphatic carbocycles. The number of phenols is 1. The lowest BCUT2D eigenvalue weighted by Gasteiger charge is -2.31. The molecule has 6 heteroatoms. The van der Waals surface area contributed by atoms with Crippen LogP contribution in [0, 0.1) is 23.6 Å². The number of hydrogen-bond donors (Lipinski definition) is 1. The number of ether oxygens (including phenoxy) is 2. The lowest BCUT2D eigenvalue weighted by Crippen LogP contribution is -2.30. The molecular weight excluding hydrogens is 411 g/mol. The lowest BCUT2D eigenvalue weighted by atomic mass is 9.80. The van der Waals surface area contributed by atoms with E-state index in [9.17, 15) is 19.1 Å². The molecule has 1 aromatic rings. The Balaban J connectivity index is 1.43. The fourth-order valence-corrected chi connectivity index (χ4v) is 5.22. The molecular formula is C26H37FO5. The monoisotopic (exact) mass is 448 g/mol. The minimum atomic E-state index is -0.892. The van der Waals surface area contributed by atoms with Gasteiger partial charge in [0.15, 0.2) is 17.3 Å². The van der Waals surface area contributed by atoms with Gasteiger partial charge in [0.1, 0.15) is 6.10 Å². The second-order valence-corrected chi connectivity index (χ2v) is 9.42. The summed E-state index contributed by atoms with van der Waals surface area (Å²) in [5, 5.41) is 10.1. The summed E-state index contributed by atoms with van der Waals surface area (Å²) >= 11 is 0. The highest BCUT2D eigenvalue weighted by atomic mass is 19.1. The van der Waals surface area contributed by atoms with Gasteiger partial charge >= 0.3 is 5.97 Å². The van der Waals surface area contributed by atoms with Crippen LogP contribution in [-0.4, -0.2) is 29.6 Å². The number of aromatic hydroxyl groups is 1. The molecule has 0 aromatic heterocycles. The largest absolute Gasteiger partial charge is 0.504 e. The Morgan fingerprint density at radius 3 is 2.28 bits per heavy atom. The zero-order valence-electron chi connectivity index (χ0n) is 19.4. The zero-order valence-corrected chi connectivity index (χ0v) is 19.4. The molecule has 0 radical (unpaired) electrons. The molecule has 0 unspecified atom stereocenters. The van der Waals surface area contributed by atoms with E-state index in [-0.39, 0.29) is 54.0 Å². The normalized spacial score (nSPS) is 25.8. The van der Waals surface area contributed by atoms with E-state index in [1.165, 1.54) is 25.0 Å². The number of carbonyl (C=O) groups is 2. The maximum atomic E-state index is 14.2. The summed E-state index contributed by atoms with van der Waals surface area (Å²) in [6, 6.07) is 2.81. The predicted octanol–water partition coefficient (Wildman–Crippen LogP) is 6.21. The molecule has 0 amide bonds. The minimum absolute atomic E-state index is 0.00169. The molecule has 0 spiro atoms. The number of esters is 1. The van der Waals surface area contributed by atoms with Gasteiger partial charge in [-0.05, 0) is 82.3 Å². The van der Waals surface area contributed by atoms with Crippen molar-refractivity contribution >= 4 is 11.8 Å². The summed E-state index contributed by atoms with van der Waals surface area (Å²) < 4.78 is 25.1. The number of phenolic OH excluding ortho intramolecular Hbond substituents is 1. The van der Waals surface area contributed by atoms with Crippen molar-refractivity contribution in [2.45, 2.75) is 90.6 Å². The maximum Gasteiger partial charge on any atom is 0.309 e. The number of halogens is 1. The molecule has 178 valence electrons. The van der Waals surface area contributed by atoms with Crippen molar-refractivity contribution in [3.05, 3.63) is 23.5 Å². The summed E-state index contributed by atoms with van der Waals surface area (Å²) in [6.45, 7) is 4.21. The van der Waals surface area contributed by atoms with Gasteiger partial charge in [-0.3, -0.25) is 9.59 Å². The molecule has 32 heavy (non-hydrogen) atoms. The first-order valence-electron chi connectivity index (χ1n) is 12.3. The van der Waals surface area contributed by atoms with E-state index >= 15 is 0 Å². The van der Waals surface area contributed by atoms with E-state index in [0.29, 0.717) is 0 Å². The Labute approximate surface area is 190 Å². The second kappa shape index (κ2) is 11.7. The smallest absolute Gasteiger partial charge is 0.309 e. The molecule has 2 aliphatic rings. The Morgan fingerprint density at radius 1 is 1.00 bits per heavy atom. The molecule has 0 aliphatic heterocycles. The summed E-state index contributed by atoms with van der Waals surface area (Å²) in [5.41, 5.74) is -0.00169. The third-order valence-electron chi connectivity index (χ3n) is 7.11. The molecule has 2 fully saturated rings. The van der Waals surface area contributed by atoms with Crippen molar-refractivity contribution in [3.8, 4) is 11.5 Å². The molecule has 2 saturated carbocycles. The predicted molar refractivity (Wildman–Crippen MR) is 120 cm³/mol. The highest BCUT2D eigenvalue weighted by Gasteiger charge is 2.31. The van der Waals surface area contributed by atoms with Crippen LogP contribution in [0.1, 0.15) is 94.8 Å². The lowest BCUT2D eigenvalue weighted by molar-refractivity contribution is -0.157. The third-order valence-corrected chi connectivity index (χ3v) is 7.11. The molecule has 1 aromatic carbocycles. The average molecular weight is 449 g/mol. The van der Waals surface area contributed by atoms with Gasteiger partial charge in [0, 0.05) is 6.42 Å². The quantitative estimate of drug-likeness (QED) is 0.359. The first kappa shape index (κ1) is 24.5. The number of hydrogen-bond acceptors (Lipinski definition) is 5. The van der Waals surface area contributed by atoms with Crippen LogP contribution in [0.3, 0.4) is 0 Å². The maximum absolute atomic E-state index is 14.2. The Hall–Kier alpha value is -2.11. The van der Waals surface area contributed by atoms with Crippen molar-refractivity contribution < 1.29 is 28.6 Å². The fourth-order valence-electron chi connectivity index (χ4n) is 5.22. The number of benzene rings is 1. The Kier molecular flexibility index (Phi) is 8.94. The van der Waals surface area contributed by atoms with Gasteiger partial charge in [-0.1, -0.05) is 19.8 Å². The summed E-state index contributed by atoms with van der Waals surface area (Å²) in [5.74, 6) is -0.948. The first-order chi connectivity index (χ1) is 15.4. The average Bonchev–Trinajstić information content (AvgIpc) is 2.79. The third kappa shape index (κ3) is 6.23. The van der Waals surface area contributed by atoms with Crippen LogP contribution >= 0.6 is 0 Å². The SMILES string of the molecule is CCCC1CCC(C(=O)OC2CCC(CC(=O)c3ccc(OCC)c(F)c3O)CC2)CC1. The second-order valence-electron chi connectivity index (χ2n) is 9.42. The van der Waals surface area contributed by atoms with E-state index < -0.39 is 11.6 Å². The standard InChI is InChI=1S/C26H37FO5/c1-3-5-17-6-10-19(11-7-17)26(30)32-20-12-8-18(9-13-20)16-22(28)21-14-15-23(31-4-2)24(27)25(21)29/h14-15,17-20,29H,3-13,16H2,1-2H3. The molecule has 0 atom stereocenters. The van der Waals surface area contributed by atoms with Crippen LogP contribution in [0.2, 0.25) is 0 Å². The van der Waals surface area contributed by atoms with Gasteiger partial charge in [0.2, 0.25) is 5.82 Å². The van der Waals surface area contributed by atoms with Crippen molar-refractivity contribution in [1.29, 1.82) is 0 Å². The van der Waals surface area contributed by atoms with E-state index in [1.807, 2.05) is 0 Å². The van der Waals surface area contributed by atoms with Crippen LogP contribution in [0.15, 0.2) is 12.1 Å². The number of ketones is 1. The molecule has 0 bridgehead atoms. The highest BCUT2D eigenvalue weighted by Crippen LogP contribution is 2.36. The summed E-state index contributed by atoms with van der Waals surface area (Å²) in [6.07, 6.45) is 9.84. The van der Waals surface area contributed by atoms with Crippen molar-refractivity contribution in [2.24, 2.45) is 17.8 Å². The Bertz CT molecular complexity index is 777. The van der Waals surface area contributed by atoms with Gasteiger partial charge in [0.25, 0.3) is 0 Å². The van der Waals surface area contributed by atoms with Gasteiger partial charge < -0.3 is 14.6 Å². The fraction of sp³-hybridized carbons (Fsp3) is 0.692. The van der Waals surface area contributed by atoms with Gasteiger partial charge in [-0.2, -0.15) is 4.39 Å². The van der Waals surface area contributed by atoms with Crippen LogP contribution in [0.5, 0.6) is 11.5 Å². The van der Waals surface area contributed by atoms with Crippen molar-refractivity contribution in [1.82, 2.24) is 0 Å². The molecule has 3 rings (SSSR count). The molecule has 5 nitrogen and oxygen atoms in total. The van der Waals surface area contributed by atoms with Crippen molar-refractivity contribution in [2.75, 3.05) is 6.61 Å². The number of carbonyl (C=O) groups excluding carboxylic acids is 2. The van der Waals surface area contributed by atoms with Crippen LogP contribution in [0.4, 0.5) is 4.39 Å². The molecule has 1 N–H and O–H groups in total. The van der Waals surface area contributed by atoms with E-state index in [1.54, 1.807) is 6.92 Å². The van der Waals surface area contributed by atoms with Crippen molar-refractivity contribution in [3.63, 3.8) is 0 Å². The van der Waals surface area contributed by atoms with Gasteiger partial charge in [0.05, 0.1) is 18.1 Å². The van der Waals surface area contributed by atoms with E-state index in [4.69, 9.17) is 9.47 Å². The zero-order chi connectivity index (χ0) is 23.1. The van der Waals surface area contributed by atoms with E-state index in [0.717, 1.165) is 57.3 Å². The number of Topliss-reactive ketones (excluding diaryl/α,β-unsaturated/α-hetero) is 1. The van der Waals surface area contributed by atoms with E-state index in [2.05, 4.69) is 6.92 Å². The topological polar surface area (TPSA) is 72.8 Å². The van der Waals surface area contributed by atoms with Crippen LogP contribution in [0.25, 0.3) is 0 Å². The molecule has 0 saturated heterocycles. The number of rotatable bonds is 9. The molecule has 0 heterocycles. The van der Waals surface area contributed by atoms with Gasteiger partial charge in [-0.15, -0.1) is 0 Å². The minimum Gasteiger partial charge on any atom is -0.504 e. The summed E-state index contributed by atoms with van der Waals surface area (Å²) in [4.78, 5) is 25.2. The van der Waals surface area contributed by atoms with Gasteiger partial charge in [-0.25, -0.2) is 0 Å².